The molecule has 1 aromatic carbocycles. The highest BCUT2D eigenvalue weighted by atomic mass is 16.7. The van der Waals surface area contributed by atoms with Gasteiger partial charge in [0.15, 0.2) is 17.8 Å². The summed E-state index contributed by atoms with van der Waals surface area (Å²) in [6.07, 6.45) is 0.510. The molecule has 0 saturated heterocycles. The summed E-state index contributed by atoms with van der Waals surface area (Å²) in [5, 5.41) is 9.61. The van der Waals surface area contributed by atoms with Crippen LogP contribution < -0.4 is 14.2 Å². The van der Waals surface area contributed by atoms with E-state index in [0.717, 1.165) is 0 Å². The van der Waals surface area contributed by atoms with E-state index in [1.165, 1.54) is 13.2 Å². The Morgan fingerprint density at radius 3 is 3.00 bits per heavy atom. The molecule has 0 aromatic heterocycles. The van der Waals surface area contributed by atoms with Crippen molar-refractivity contribution in [3.05, 3.63) is 11.6 Å². The molecular weight excluding hydrogens is 188 g/mol. The van der Waals surface area contributed by atoms with Crippen LogP contribution in [0, 0.1) is 0 Å². The van der Waals surface area contributed by atoms with Crippen molar-refractivity contribution in [1.82, 2.24) is 0 Å². The first-order valence-electron chi connectivity index (χ1n) is 3.92. The van der Waals surface area contributed by atoms with Crippen LogP contribution in [0.3, 0.4) is 0 Å². The summed E-state index contributed by atoms with van der Waals surface area (Å²) in [4.78, 5) is 10.7. The van der Waals surface area contributed by atoms with E-state index >= 15 is 0 Å². The molecule has 0 saturated carbocycles. The predicted molar refractivity (Wildman–Crippen MR) is 46.2 cm³/mol. The molecule has 1 heterocycles. The smallest absolute Gasteiger partial charge is 0.231 e. The second-order valence-electron chi connectivity index (χ2n) is 2.69. The van der Waals surface area contributed by atoms with Gasteiger partial charge < -0.3 is 19.3 Å². The average Bonchev–Trinajstić information content (AvgIpc) is 2.65. The van der Waals surface area contributed by atoms with E-state index in [9.17, 15) is 9.90 Å². The Balaban J connectivity index is 2.65. The third-order valence-electron chi connectivity index (χ3n) is 1.98. The quantitative estimate of drug-likeness (QED) is 0.713. The Morgan fingerprint density at radius 1 is 1.57 bits per heavy atom. The van der Waals surface area contributed by atoms with E-state index in [0.29, 0.717) is 12.0 Å². The number of hydrogen-bond donors (Lipinski definition) is 1. The fraction of sp³-hybridized carbons (Fsp3) is 0.222. The number of benzene rings is 1. The van der Waals surface area contributed by atoms with Gasteiger partial charge in [0.25, 0.3) is 0 Å². The first-order valence-corrected chi connectivity index (χ1v) is 3.92. The van der Waals surface area contributed by atoms with Crippen LogP contribution in [0.5, 0.6) is 23.0 Å². The number of phenols is 1. The molecule has 5 nitrogen and oxygen atoms in total. The van der Waals surface area contributed by atoms with Crippen LogP contribution in [0.1, 0.15) is 10.4 Å². The molecule has 14 heavy (non-hydrogen) atoms. The summed E-state index contributed by atoms with van der Waals surface area (Å²) in [6.45, 7) is 0.0361. The minimum atomic E-state index is -0.244. The van der Waals surface area contributed by atoms with Gasteiger partial charge in [-0.1, -0.05) is 0 Å². The first-order chi connectivity index (χ1) is 6.77. The van der Waals surface area contributed by atoms with Gasteiger partial charge in [0.05, 0.1) is 7.11 Å². The number of phenolic OH excluding ortho intramolecular Hbond substituents is 1. The fourth-order valence-electron chi connectivity index (χ4n) is 1.30. The van der Waals surface area contributed by atoms with Crippen LogP contribution in [0.15, 0.2) is 6.07 Å². The molecule has 0 aliphatic carbocycles. The van der Waals surface area contributed by atoms with Gasteiger partial charge in [0.2, 0.25) is 12.5 Å². The molecule has 0 atom stereocenters. The molecule has 1 aliphatic heterocycles. The number of methoxy groups -OCH3 is 1. The van der Waals surface area contributed by atoms with Gasteiger partial charge in [-0.05, 0) is 0 Å². The van der Waals surface area contributed by atoms with Crippen molar-refractivity contribution in [1.29, 1.82) is 0 Å². The number of hydrogen-bond acceptors (Lipinski definition) is 5. The highest BCUT2D eigenvalue weighted by Gasteiger charge is 2.24. The molecule has 0 unspecified atom stereocenters. The van der Waals surface area contributed by atoms with Crippen LogP contribution >= 0.6 is 0 Å². The fourth-order valence-corrected chi connectivity index (χ4v) is 1.30. The zero-order chi connectivity index (χ0) is 10.1. The topological polar surface area (TPSA) is 65.0 Å². The number of aromatic hydroxyl groups is 1. The predicted octanol–water partition coefficient (Wildman–Crippen LogP) is 0.942. The minimum Gasteiger partial charge on any atom is -0.504 e. The van der Waals surface area contributed by atoms with Crippen molar-refractivity contribution in [3.8, 4) is 23.0 Å². The van der Waals surface area contributed by atoms with Crippen LogP contribution in [-0.2, 0) is 0 Å². The molecule has 5 heteroatoms. The molecular formula is C9H8O5. The van der Waals surface area contributed by atoms with Gasteiger partial charge in [0.1, 0.15) is 11.3 Å². The lowest BCUT2D eigenvalue weighted by atomic mass is 10.1. The maximum atomic E-state index is 10.7. The Kier molecular flexibility index (Phi) is 1.92. The van der Waals surface area contributed by atoms with Crippen LogP contribution in [0.25, 0.3) is 0 Å². The Morgan fingerprint density at radius 2 is 2.36 bits per heavy atom. The highest BCUT2D eigenvalue weighted by Crippen LogP contribution is 2.46. The molecule has 0 bridgehead atoms. The zero-order valence-corrected chi connectivity index (χ0v) is 7.44. The lowest BCUT2D eigenvalue weighted by Gasteiger charge is -2.07. The summed E-state index contributed by atoms with van der Waals surface area (Å²) >= 11 is 0. The van der Waals surface area contributed by atoms with E-state index in [1.807, 2.05) is 0 Å². The lowest BCUT2D eigenvalue weighted by molar-refractivity contribution is 0.111. The molecule has 1 aliphatic rings. The maximum Gasteiger partial charge on any atom is 0.231 e. The molecule has 0 radical (unpaired) electrons. The van der Waals surface area contributed by atoms with E-state index in [4.69, 9.17) is 14.2 Å². The number of rotatable bonds is 2. The number of ether oxygens (including phenoxy) is 3. The zero-order valence-electron chi connectivity index (χ0n) is 7.44. The number of carbonyl (C=O) groups is 1. The van der Waals surface area contributed by atoms with Crippen molar-refractivity contribution >= 4 is 6.29 Å². The summed E-state index contributed by atoms with van der Waals surface area (Å²) in [6, 6.07) is 1.51. The largest absolute Gasteiger partial charge is 0.504 e. The second kappa shape index (κ2) is 3.10. The third kappa shape index (κ3) is 1.06. The standard InChI is InChI=1S/C9H8O5/c1-12-6-2-7-9(14-4-13-7)8(11)5(6)3-10/h2-3,11H,4H2,1H3. The van der Waals surface area contributed by atoms with Crippen LogP contribution in [-0.4, -0.2) is 25.3 Å². The molecule has 74 valence electrons. The van der Waals surface area contributed by atoms with Crippen LogP contribution in [0.2, 0.25) is 0 Å². The normalized spacial score (nSPS) is 12.6. The summed E-state index contributed by atoms with van der Waals surface area (Å²) < 4.78 is 14.9. The Hall–Kier alpha value is -1.91. The molecule has 0 fully saturated rings. The molecule has 1 aromatic rings. The van der Waals surface area contributed by atoms with Gasteiger partial charge in [-0.3, -0.25) is 4.79 Å². The van der Waals surface area contributed by atoms with Gasteiger partial charge in [-0.25, -0.2) is 0 Å². The maximum absolute atomic E-state index is 10.7. The van der Waals surface area contributed by atoms with Gasteiger partial charge in [-0.15, -0.1) is 0 Å². The molecule has 1 N–H and O–H groups in total. The van der Waals surface area contributed by atoms with Crippen molar-refractivity contribution in [2.24, 2.45) is 0 Å². The summed E-state index contributed by atoms with van der Waals surface area (Å²) in [7, 11) is 1.41. The number of carbonyl (C=O) groups excluding carboxylic acids is 1. The van der Waals surface area contributed by atoms with Crippen molar-refractivity contribution in [3.63, 3.8) is 0 Å². The Labute approximate surface area is 79.8 Å². The average molecular weight is 196 g/mol. The van der Waals surface area contributed by atoms with E-state index in [2.05, 4.69) is 0 Å². The monoisotopic (exact) mass is 196 g/mol. The van der Waals surface area contributed by atoms with E-state index in [-0.39, 0.29) is 29.6 Å². The lowest BCUT2D eigenvalue weighted by Crippen LogP contribution is -1.93. The number of aldehydes is 1. The molecule has 2 rings (SSSR count). The second-order valence-corrected chi connectivity index (χ2v) is 2.69. The SMILES string of the molecule is COc1cc2c(c(O)c1C=O)OCO2. The van der Waals surface area contributed by atoms with Crippen LogP contribution in [0.4, 0.5) is 0 Å². The van der Waals surface area contributed by atoms with Gasteiger partial charge in [-0.2, -0.15) is 0 Å². The number of fused-ring (bicyclic) bond motifs is 1. The third-order valence-corrected chi connectivity index (χ3v) is 1.98. The van der Waals surface area contributed by atoms with Crippen molar-refractivity contribution in [2.45, 2.75) is 0 Å². The molecule has 0 amide bonds. The van der Waals surface area contributed by atoms with Gasteiger partial charge >= 0.3 is 0 Å². The minimum absolute atomic E-state index is 0.0361. The van der Waals surface area contributed by atoms with Crippen molar-refractivity contribution in [2.75, 3.05) is 13.9 Å². The highest BCUT2D eigenvalue weighted by molar-refractivity contribution is 5.86. The van der Waals surface area contributed by atoms with Crippen molar-refractivity contribution < 1.29 is 24.1 Å². The molecule has 0 spiro atoms. The van der Waals surface area contributed by atoms with E-state index in [1.54, 1.807) is 0 Å². The summed E-state index contributed by atoms with van der Waals surface area (Å²) in [5.74, 6) is 0.589. The van der Waals surface area contributed by atoms with Gasteiger partial charge in [0, 0.05) is 6.07 Å². The Bertz CT molecular complexity index is 385. The first kappa shape index (κ1) is 8.68. The summed E-state index contributed by atoms with van der Waals surface area (Å²) in [5.41, 5.74) is 0.0664. The van der Waals surface area contributed by atoms with E-state index < -0.39 is 0 Å².